The molecule has 0 amide bonds. The Bertz CT molecular complexity index is 940. The third kappa shape index (κ3) is 3.78. The number of fused-ring (bicyclic) bond motifs is 1. The van der Waals surface area contributed by atoms with E-state index in [0.29, 0.717) is 25.9 Å². The Morgan fingerprint density at radius 2 is 2.11 bits per heavy atom. The molecular weight excluding hydrogens is 356 g/mol. The second-order valence-electron chi connectivity index (χ2n) is 7.80. The maximum atomic E-state index is 10.9. The lowest BCUT2D eigenvalue weighted by atomic mass is 9.91. The van der Waals surface area contributed by atoms with E-state index in [0.717, 1.165) is 41.1 Å². The number of aromatic nitrogens is 3. The number of ether oxygens (including phenoxy) is 1. The van der Waals surface area contributed by atoms with Crippen LogP contribution in [0.15, 0.2) is 36.8 Å². The SMILES string of the molecule is COc1ccc2[nH]cc([C@H](O)CN3CCC(O)(Cn4ccnc4C)CC3)c2c1. The summed E-state index contributed by atoms with van der Waals surface area (Å²) in [5.74, 6) is 1.69. The Kier molecular flexibility index (Phi) is 5.14. The number of likely N-dealkylation sites (tertiary alicyclic amines) is 1. The predicted octanol–water partition coefficient (Wildman–Crippen LogP) is 2.24. The molecule has 7 heteroatoms. The number of methoxy groups -OCH3 is 1. The lowest BCUT2D eigenvalue weighted by Crippen LogP contribution is -2.47. The number of rotatable bonds is 6. The number of aryl methyl sites for hydroxylation is 1. The lowest BCUT2D eigenvalue weighted by molar-refractivity contribution is -0.0417. The maximum absolute atomic E-state index is 10.9. The molecule has 3 N–H and O–H groups in total. The van der Waals surface area contributed by atoms with E-state index in [4.69, 9.17) is 4.74 Å². The van der Waals surface area contributed by atoms with Gasteiger partial charge in [-0.2, -0.15) is 0 Å². The molecule has 0 unspecified atom stereocenters. The zero-order chi connectivity index (χ0) is 19.7. The van der Waals surface area contributed by atoms with Gasteiger partial charge in [-0.1, -0.05) is 0 Å². The summed E-state index contributed by atoms with van der Waals surface area (Å²) in [5.41, 5.74) is 1.14. The van der Waals surface area contributed by atoms with Crippen LogP contribution in [-0.2, 0) is 6.54 Å². The van der Waals surface area contributed by atoms with E-state index in [-0.39, 0.29) is 0 Å². The smallest absolute Gasteiger partial charge is 0.119 e. The summed E-state index contributed by atoms with van der Waals surface area (Å²) < 4.78 is 7.31. The molecule has 1 aliphatic heterocycles. The second kappa shape index (κ2) is 7.58. The van der Waals surface area contributed by atoms with Crippen LogP contribution < -0.4 is 4.74 Å². The number of benzene rings is 1. The van der Waals surface area contributed by atoms with Crippen molar-refractivity contribution < 1.29 is 14.9 Å². The fourth-order valence-corrected chi connectivity index (χ4v) is 4.06. The molecule has 0 aliphatic carbocycles. The molecular formula is C21H28N4O3. The third-order valence-electron chi connectivity index (χ3n) is 5.89. The van der Waals surface area contributed by atoms with Gasteiger partial charge in [-0.15, -0.1) is 0 Å². The van der Waals surface area contributed by atoms with Crippen LogP contribution in [0, 0.1) is 6.92 Å². The molecule has 7 nitrogen and oxygen atoms in total. The van der Waals surface area contributed by atoms with Crippen LogP contribution in [0.1, 0.15) is 30.3 Å². The standard InChI is InChI=1S/C21H28N4O3/c1-15-22-7-10-25(15)14-21(27)5-8-24(9-6-21)13-20(26)18-12-23-19-4-3-16(28-2)11-17(18)19/h3-4,7,10-12,20,23,26-27H,5-6,8-9,13-14H2,1-2H3/t20-/m1/s1. The van der Waals surface area contributed by atoms with Crippen LogP contribution in [0.2, 0.25) is 0 Å². The van der Waals surface area contributed by atoms with E-state index in [1.54, 1.807) is 13.3 Å². The molecule has 1 fully saturated rings. The number of β-amino-alcohol motifs (C(OH)–C–C–N with tert-alkyl or cyclic N) is 1. The topological polar surface area (TPSA) is 86.5 Å². The third-order valence-corrected chi connectivity index (χ3v) is 5.89. The van der Waals surface area contributed by atoms with E-state index in [1.807, 2.05) is 42.1 Å². The van der Waals surface area contributed by atoms with Gasteiger partial charge in [0.2, 0.25) is 0 Å². The number of nitrogens with zero attached hydrogens (tertiary/aromatic N) is 3. The highest BCUT2D eigenvalue weighted by Crippen LogP contribution is 2.30. The minimum atomic E-state index is -0.721. The van der Waals surface area contributed by atoms with Crippen molar-refractivity contribution in [1.29, 1.82) is 0 Å². The fourth-order valence-electron chi connectivity index (χ4n) is 4.06. The summed E-state index contributed by atoms with van der Waals surface area (Å²) >= 11 is 0. The molecule has 3 heterocycles. The van der Waals surface area contributed by atoms with E-state index in [1.165, 1.54) is 0 Å². The highest BCUT2D eigenvalue weighted by atomic mass is 16.5. The van der Waals surface area contributed by atoms with Gasteiger partial charge in [0, 0.05) is 54.7 Å². The quantitative estimate of drug-likeness (QED) is 0.607. The number of aliphatic hydroxyl groups is 2. The minimum Gasteiger partial charge on any atom is -0.497 e. The van der Waals surface area contributed by atoms with Crippen molar-refractivity contribution in [3.05, 3.63) is 48.2 Å². The Hall–Kier alpha value is -2.35. The van der Waals surface area contributed by atoms with Crippen LogP contribution in [0.5, 0.6) is 5.75 Å². The summed E-state index contributed by atoms with van der Waals surface area (Å²) in [6, 6.07) is 5.82. The molecule has 1 atom stereocenters. The zero-order valence-electron chi connectivity index (χ0n) is 16.4. The molecule has 0 spiro atoms. The van der Waals surface area contributed by atoms with Crippen molar-refractivity contribution in [1.82, 2.24) is 19.4 Å². The number of aromatic amines is 1. The fraction of sp³-hybridized carbons (Fsp3) is 0.476. The largest absolute Gasteiger partial charge is 0.497 e. The average molecular weight is 384 g/mol. The van der Waals surface area contributed by atoms with E-state index >= 15 is 0 Å². The molecule has 4 rings (SSSR count). The summed E-state index contributed by atoms with van der Waals surface area (Å²) in [6.45, 7) is 4.58. The second-order valence-corrected chi connectivity index (χ2v) is 7.80. The maximum Gasteiger partial charge on any atom is 0.119 e. The molecule has 2 aromatic heterocycles. The Balaban J connectivity index is 1.39. The average Bonchev–Trinajstić information content (AvgIpc) is 3.29. The number of hydrogen-bond donors (Lipinski definition) is 3. The van der Waals surface area contributed by atoms with Crippen LogP contribution in [0.3, 0.4) is 0 Å². The number of piperidine rings is 1. The van der Waals surface area contributed by atoms with Gasteiger partial charge in [0.15, 0.2) is 0 Å². The molecule has 0 saturated carbocycles. The van der Waals surface area contributed by atoms with Gasteiger partial charge < -0.3 is 29.4 Å². The molecule has 0 bridgehead atoms. The van der Waals surface area contributed by atoms with Gasteiger partial charge in [0.05, 0.1) is 25.4 Å². The summed E-state index contributed by atoms with van der Waals surface area (Å²) in [4.78, 5) is 9.67. The van der Waals surface area contributed by atoms with E-state index in [2.05, 4.69) is 14.9 Å². The number of hydrogen-bond acceptors (Lipinski definition) is 5. The molecule has 1 saturated heterocycles. The molecule has 1 aromatic carbocycles. The van der Waals surface area contributed by atoms with Crippen LogP contribution in [0.4, 0.5) is 0 Å². The lowest BCUT2D eigenvalue weighted by Gasteiger charge is -2.39. The van der Waals surface area contributed by atoms with Crippen molar-refractivity contribution in [2.75, 3.05) is 26.7 Å². The monoisotopic (exact) mass is 384 g/mol. The molecule has 28 heavy (non-hydrogen) atoms. The first-order chi connectivity index (χ1) is 13.5. The summed E-state index contributed by atoms with van der Waals surface area (Å²) in [7, 11) is 1.64. The number of imidazole rings is 1. The van der Waals surface area contributed by atoms with Gasteiger partial charge in [-0.3, -0.25) is 0 Å². The minimum absolute atomic E-state index is 0.546. The summed E-state index contributed by atoms with van der Waals surface area (Å²) in [5, 5.41) is 22.7. The van der Waals surface area contributed by atoms with Gasteiger partial charge >= 0.3 is 0 Å². The normalized spacial score (nSPS) is 18.4. The highest BCUT2D eigenvalue weighted by Gasteiger charge is 2.33. The Morgan fingerprint density at radius 3 is 2.79 bits per heavy atom. The van der Waals surface area contributed by atoms with Crippen molar-refractivity contribution >= 4 is 10.9 Å². The highest BCUT2D eigenvalue weighted by molar-refractivity contribution is 5.85. The number of aliphatic hydroxyl groups excluding tert-OH is 1. The summed E-state index contributed by atoms with van der Waals surface area (Å²) in [6.07, 6.45) is 6.31. The van der Waals surface area contributed by atoms with Gasteiger partial charge in [0.1, 0.15) is 11.6 Å². The van der Waals surface area contributed by atoms with Gasteiger partial charge in [-0.05, 0) is 38.0 Å². The first kappa shape index (κ1) is 19.0. The van der Waals surface area contributed by atoms with Crippen molar-refractivity contribution in [2.45, 2.75) is 38.0 Å². The van der Waals surface area contributed by atoms with Crippen LogP contribution in [0.25, 0.3) is 10.9 Å². The number of H-pyrrole nitrogens is 1. The Labute approximate surface area is 164 Å². The molecule has 1 aliphatic rings. The molecule has 150 valence electrons. The van der Waals surface area contributed by atoms with Gasteiger partial charge in [0.25, 0.3) is 0 Å². The van der Waals surface area contributed by atoms with Crippen LogP contribution >= 0.6 is 0 Å². The molecule has 0 radical (unpaired) electrons. The van der Waals surface area contributed by atoms with E-state index < -0.39 is 11.7 Å². The Morgan fingerprint density at radius 1 is 1.32 bits per heavy atom. The van der Waals surface area contributed by atoms with Crippen molar-refractivity contribution in [2.24, 2.45) is 0 Å². The van der Waals surface area contributed by atoms with Crippen molar-refractivity contribution in [3.8, 4) is 5.75 Å². The zero-order valence-corrected chi connectivity index (χ0v) is 16.4. The first-order valence-electron chi connectivity index (χ1n) is 9.73. The first-order valence-corrected chi connectivity index (χ1v) is 9.73. The number of nitrogens with one attached hydrogen (secondary N) is 1. The van der Waals surface area contributed by atoms with Crippen molar-refractivity contribution in [3.63, 3.8) is 0 Å². The van der Waals surface area contributed by atoms with E-state index in [9.17, 15) is 10.2 Å². The van der Waals surface area contributed by atoms with Gasteiger partial charge in [-0.25, -0.2) is 4.98 Å². The van der Waals surface area contributed by atoms with Crippen LogP contribution in [-0.4, -0.2) is 62.0 Å². The molecule has 3 aromatic rings. The predicted molar refractivity (Wildman–Crippen MR) is 107 cm³/mol.